The number of rotatable bonds is 5. The average molecular weight is 449 g/mol. The number of hydrogen-bond acceptors (Lipinski definition) is 6. The van der Waals surface area contributed by atoms with E-state index in [9.17, 15) is 23.9 Å². The molecule has 0 fully saturated rings. The van der Waals surface area contributed by atoms with Crippen molar-refractivity contribution in [1.82, 2.24) is 19.8 Å². The van der Waals surface area contributed by atoms with Crippen molar-refractivity contribution in [2.24, 2.45) is 0 Å². The number of carboxylic acid groups (broad SMARTS) is 1. The Bertz CT molecular complexity index is 1400. The van der Waals surface area contributed by atoms with Gasteiger partial charge in [-0.05, 0) is 52.9 Å². The quantitative estimate of drug-likeness (QED) is 0.465. The molecule has 1 N–H and O–H groups in total. The number of halogens is 1. The molecule has 3 aromatic carbocycles. The molecule has 4 rings (SSSR count). The lowest BCUT2D eigenvalue weighted by Gasteiger charge is -2.22. The van der Waals surface area contributed by atoms with Crippen molar-refractivity contribution < 1.29 is 23.8 Å². The summed E-state index contributed by atoms with van der Waals surface area (Å²) in [7, 11) is 1.30. The summed E-state index contributed by atoms with van der Waals surface area (Å²) >= 11 is 0. The lowest BCUT2D eigenvalue weighted by atomic mass is 10.1. The Morgan fingerprint density at radius 2 is 1.67 bits per heavy atom. The molecule has 0 aliphatic heterocycles. The second kappa shape index (κ2) is 8.75. The number of ether oxygens (including phenoxy) is 1. The van der Waals surface area contributed by atoms with Crippen LogP contribution in [-0.4, -0.2) is 44.0 Å². The Morgan fingerprint density at radius 3 is 2.36 bits per heavy atom. The number of tetrazole rings is 1. The maximum absolute atomic E-state index is 14.5. The van der Waals surface area contributed by atoms with E-state index >= 15 is 0 Å². The van der Waals surface area contributed by atoms with Gasteiger partial charge in [0.15, 0.2) is 5.82 Å². The average Bonchev–Trinajstić information content (AvgIpc) is 3.20. The van der Waals surface area contributed by atoms with Crippen molar-refractivity contribution in [2.45, 2.75) is 0 Å². The summed E-state index contributed by atoms with van der Waals surface area (Å²) in [5.41, 5.74) is -0.888. The monoisotopic (exact) mass is 449 g/mol. The van der Waals surface area contributed by atoms with E-state index in [0.29, 0.717) is 15.1 Å². The zero-order valence-corrected chi connectivity index (χ0v) is 17.1. The van der Waals surface area contributed by atoms with Crippen LogP contribution >= 0.6 is 0 Å². The molecular formula is C22H16FN5O5. The minimum atomic E-state index is -1.19. The zero-order chi connectivity index (χ0) is 23.5. The number of aromatic nitrogens is 4. The third kappa shape index (κ3) is 3.94. The number of para-hydroxylation sites is 2. The number of amides is 1. The van der Waals surface area contributed by atoms with Crippen LogP contribution in [0.2, 0.25) is 0 Å². The molecule has 0 bridgehead atoms. The number of carbonyl (C=O) groups excluding carboxylic acids is 1. The minimum Gasteiger partial charge on any atom is -0.494 e. The molecule has 1 aromatic heterocycles. The van der Waals surface area contributed by atoms with Crippen LogP contribution in [0.4, 0.5) is 20.6 Å². The predicted octanol–water partition coefficient (Wildman–Crippen LogP) is 3.08. The largest absolute Gasteiger partial charge is 0.494 e. The lowest BCUT2D eigenvalue weighted by molar-refractivity contribution is 0.0697. The van der Waals surface area contributed by atoms with E-state index in [1.807, 2.05) is 0 Å². The molecule has 10 nitrogen and oxygen atoms in total. The van der Waals surface area contributed by atoms with E-state index < -0.39 is 23.5 Å². The van der Waals surface area contributed by atoms with Gasteiger partial charge in [0.25, 0.3) is 0 Å². The molecule has 1 amide bonds. The highest BCUT2D eigenvalue weighted by molar-refractivity contribution is 6.01. The first-order valence-electron chi connectivity index (χ1n) is 9.53. The number of anilines is 2. The van der Waals surface area contributed by atoms with E-state index in [0.717, 1.165) is 11.0 Å². The van der Waals surface area contributed by atoms with E-state index in [-0.39, 0.29) is 22.7 Å². The Labute approximate surface area is 185 Å². The van der Waals surface area contributed by atoms with Crippen molar-refractivity contribution in [1.29, 1.82) is 0 Å². The van der Waals surface area contributed by atoms with Crippen molar-refractivity contribution in [3.63, 3.8) is 0 Å². The van der Waals surface area contributed by atoms with Crippen molar-refractivity contribution in [2.75, 3.05) is 12.0 Å². The van der Waals surface area contributed by atoms with Crippen molar-refractivity contribution in [3.05, 3.63) is 94.7 Å². The number of nitrogens with zero attached hydrogens (tertiary/aromatic N) is 5. The fourth-order valence-electron chi connectivity index (χ4n) is 3.19. The van der Waals surface area contributed by atoms with Gasteiger partial charge in [-0.25, -0.2) is 18.8 Å². The molecule has 166 valence electrons. The number of benzene rings is 3. The second-order valence-electron chi connectivity index (χ2n) is 6.68. The van der Waals surface area contributed by atoms with Crippen LogP contribution in [0.3, 0.4) is 0 Å². The summed E-state index contributed by atoms with van der Waals surface area (Å²) in [6, 6.07) is 16.9. The molecule has 0 saturated carbocycles. The summed E-state index contributed by atoms with van der Waals surface area (Å²) in [5.74, 6) is -1.97. The number of methoxy groups -OCH3 is 1. The number of carbonyl (C=O) groups is 2. The summed E-state index contributed by atoms with van der Waals surface area (Å²) < 4.78 is 20.6. The van der Waals surface area contributed by atoms with Crippen LogP contribution in [0, 0.1) is 5.82 Å². The van der Waals surface area contributed by atoms with Crippen LogP contribution < -0.4 is 15.3 Å². The highest BCUT2D eigenvalue weighted by atomic mass is 19.1. The Balaban J connectivity index is 1.85. The van der Waals surface area contributed by atoms with Crippen LogP contribution in [0.1, 0.15) is 10.4 Å². The van der Waals surface area contributed by atoms with E-state index in [1.165, 1.54) is 43.5 Å². The van der Waals surface area contributed by atoms with Gasteiger partial charge in [-0.3, -0.25) is 4.90 Å². The smallest absolute Gasteiger partial charge is 0.377 e. The van der Waals surface area contributed by atoms with Gasteiger partial charge in [0, 0.05) is 0 Å². The zero-order valence-electron chi connectivity index (χ0n) is 17.1. The fraction of sp³-hybridized carbons (Fsp3) is 0.0455. The molecule has 4 aromatic rings. The van der Waals surface area contributed by atoms with Gasteiger partial charge in [0.05, 0.1) is 24.0 Å². The molecule has 0 aliphatic carbocycles. The van der Waals surface area contributed by atoms with Gasteiger partial charge in [-0.1, -0.05) is 30.3 Å². The van der Waals surface area contributed by atoms with E-state index in [2.05, 4.69) is 10.4 Å². The maximum Gasteiger partial charge on any atom is 0.377 e. The molecule has 1 heterocycles. The van der Waals surface area contributed by atoms with E-state index in [4.69, 9.17) is 4.74 Å². The molecule has 0 saturated heterocycles. The van der Waals surface area contributed by atoms with Crippen LogP contribution in [0.15, 0.2) is 77.6 Å². The van der Waals surface area contributed by atoms with Gasteiger partial charge in [0.2, 0.25) is 0 Å². The molecule has 11 heteroatoms. The SMILES string of the molecule is COc1cccc(F)c1-n1nnn(C(=O)N(c2ccccc2)c2cccc(C(=O)O)c2)c1=O. The standard InChI is InChI=1S/C22H16FN5O5/c1-33-18-12-6-11-17(23)19(18)27-22(32)28(25-24-27)21(31)26(15-8-3-2-4-9-15)16-10-5-7-14(13-16)20(29)30/h2-13H,1H3,(H,29,30). The normalized spacial score (nSPS) is 10.6. The van der Waals surface area contributed by atoms with Crippen LogP contribution in [-0.2, 0) is 0 Å². The number of aromatic carboxylic acids is 1. The lowest BCUT2D eigenvalue weighted by Crippen LogP contribution is -2.38. The Morgan fingerprint density at radius 1 is 0.970 bits per heavy atom. The molecule has 0 aliphatic rings. The van der Waals surface area contributed by atoms with Gasteiger partial charge >= 0.3 is 17.7 Å². The second-order valence-corrected chi connectivity index (χ2v) is 6.68. The summed E-state index contributed by atoms with van der Waals surface area (Å²) in [6.07, 6.45) is 0. The van der Waals surface area contributed by atoms with Gasteiger partial charge < -0.3 is 9.84 Å². The molecule has 0 spiro atoms. The summed E-state index contributed by atoms with van der Waals surface area (Å²) in [5, 5.41) is 16.6. The molecule has 0 atom stereocenters. The predicted molar refractivity (Wildman–Crippen MR) is 115 cm³/mol. The van der Waals surface area contributed by atoms with Gasteiger partial charge in [0.1, 0.15) is 11.4 Å². The molecule has 0 unspecified atom stereocenters. The minimum absolute atomic E-state index is 0.0191. The molecular weight excluding hydrogens is 433 g/mol. The summed E-state index contributed by atoms with van der Waals surface area (Å²) in [4.78, 5) is 39.0. The Kier molecular flexibility index (Phi) is 5.68. The first kappa shape index (κ1) is 21.4. The highest BCUT2D eigenvalue weighted by Gasteiger charge is 2.27. The number of hydrogen-bond donors (Lipinski definition) is 1. The maximum atomic E-state index is 14.5. The first-order chi connectivity index (χ1) is 15.9. The van der Waals surface area contributed by atoms with Crippen LogP contribution in [0.5, 0.6) is 5.75 Å². The number of carboxylic acids is 1. The summed E-state index contributed by atoms with van der Waals surface area (Å²) in [6.45, 7) is 0. The fourth-order valence-corrected chi connectivity index (χ4v) is 3.19. The van der Waals surface area contributed by atoms with Crippen LogP contribution in [0.25, 0.3) is 5.69 Å². The molecule has 0 radical (unpaired) electrons. The van der Waals surface area contributed by atoms with Gasteiger partial charge in [-0.2, -0.15) is 4.68 Å². The topological polar surface area (TPSA) is 120 Å². The van der Waals surface area contributed by atoms with E-state index in [1.54, 1.807) is 30.3 Å². The third-order valence-electron chi connectivity index (χ3n) is 4.70. The van der Waals surface area contributed by atoms with Gasteiger partial charge in [-0.15, -0.1) is 4.68 Å². The Hall–Kier alpha value is -4.80. The van der Waals surface area contributed by atoms with Crippen molar-refractivity contribution in [3.8, 4) is 11.4 Å². The highest BCUT2D eigenvalue weighted by Crippen LogP contribution is 2.27. The first-order valence-corrected chi connectivity index (χ1v) is 9.53. The third-order valence-corrected chi connectivity index (χ3v) is 4.70. The molecule has 33 heavy (non-hydrogen) atoms. The van der Waals surface area contributed by atoms with Crippen molar-refractivity contribution >= 4 is 23.4 Å².